The van der Waals surface area contributed by atoms with Crippen molar-refractivity contribution in [3.05, 3.63) is 82.8 Å². The van der Waals surface area contributed by atoms with Gasteiger partial charge in [-0.2, -0.15) is 10.2 Å². The van der Waals surface area contributed by atoms with Crippen molar-refractivity contribution in [2.24, 2.45) is 0 Å². The van der Waals surface area contributed by atoms with Crippen LogP contribution in [0.4, 0.5) is 20.3 Å². The Kier molecular flexibility index (Phi) is 5.12. The molecule has 0 aliphatic carbocycles. The smallest absolute Gasteiger partial charge is 0.356 e. The standard InChI is InChI=1S/C24H20F2N6O3/c1-12-20(22(33)29-16-7-8-17-14(9-16)11-27-30-17)21(13-3-5-15(6-4-13)24(2,25)26)32-19(28-12)10-18(31-32)23(34)35/h3-11,21,28H,1-2H3,(H,27,30)(H,29,33)(H,34,35). The fourth-order valence-electron chi connectivity index (χ4n) is 4.16. The topological polar surface area (TPSA) is 125 Å². The lowest BCUT2D eigenvalue weighted by molar-refractivity contribution is -0.113. The molecule has 1 amide bonds. The molecule has 2 aromatic heterocycles. The molecule has 0 spiro atoms. The van der Waals surface area contributed by atoms with Crippen LogP contribution < -0.4 is 10.6 Å². The predicted molar refractivity (Wildman–Crippen MR) is 124 cm³/mol. The lowest BCUT2D eigenvalue weighted by Gasteiger charge is -2.30. The highest BCUT2D eigenvalue weighted by Crippen LogP contribution is 2.38. The number of allylic oxidation sites excluding steroid dienone is 1. The number of aromatic nitrogens is 4. The van der Waals surface area contributed by atoms with Gasteiger partial charge in [0.2, 0.25) is 0 Å². The van der Waals surface area contributed by atoms with Gasteiger partial charge in [0.05, 0.1) is 17.3 Å². The molecule has 0 fully saturated rings. The molecule has 1 aliphatic rings. The predicted octanol–water partition coefficient (Wildman–Crippen LogP) is 4.50. The summed E-state index contributed by atoms with van der Waals surface area (Å²) in [6.07, 6.45) is 1.63. The third-order valence-electron chi connectivity index (χ3n) is 5.87. The van der Waals surface area contributed by atoms with E-state index >= 15 is 0 Å². The number of aromatic amines is 1. The van der Waals surface area contributed by atoms with Gasteiger partial charge < -0.3 is 15.7 Å². The first-order valence-corrected chi connectivity index (χ1v) is 10.6. The summed E-state index contributed by atoms with van der Waals surface area (Å²) in [5.74, 6) is -4.35. The minimum Gasteiger partial charge on any atom is -0.476 e. The van der Waals surface area contributed by atoms with E-state index < -0.39 is 23.8 Å². The SMILES string of the molecule is CC1=C(C(=O)Nc2ccc3[nH]ncc3c2)C(c2ccc(C(C)(F)F)cc2)n2nc(C(=O)O)cc2N1. The van der Waals surface area contributed by atoms with E-state index in [1.165, 1.54) is 35.0 Å². The van der Waals surface area contributed by atoms with Gasteiger partial charge in [-0.05, 0) is 30.7 Å². The van der Waals surface area contributed by atoms with Gasteiger partial charge in [-0.15, -0.1) is 0 Å². The summed E-state index contributed by atoms with van der Waals surface area (Å²) in [6.45, 7) is 2.49. The lowest BCUT2D eigenvalue weighted by Crippen LogP contribution is -2.31. The normalized spacial score (nSPS) is 15.6. The minimum atomic E-state index is -3.03. The van der Waals surface area contributed by atoms with Gasteiger partial charge in [0.15, 0.2) is 5.69 Å². The van der Waals surface area contributed by atoms with E-state index in [1.807, 2.05) is 0 Å². The first kappa shape index (κ1) is 22.3. The van der Waals surface area contributed by atoms with Crippen LogP contribution in [0.15, 0.2) is 66.0 Å². The summed E-state index contributed by atoms with van der Waals surface area (Å²) in [5.41, 5.74) is 2.19. The Balaban J connectivity index is 1.57. The van der Waals surface area contributed by atoms with Gasteiger partial charge in [0, 0.05) is 35.3 Å². The molecule has 1 aliphatic heterocycles. The molecule has 11 heteroatoms. The molecule has 4 N–H and O–H groups in total. The third kappa shape index (κ3) is 4.01. The number of fused-ring (bicyclic) bond motifs is 2. The number of aromatic carboxylic acids is 1. The number of amides is 1. The van der Waals surface area contributed by atoms with Crippen molar-refractivity contribution in [3.8, 4) is 0 Å². The second kappa shape index (κ2) is 8.05. The van der Waals surface area contributed by atoms with E-state index in [1.54, 1.807) is 31.3 Å². The number of benzene rings is 2. The van der Waals surface area contributed by atoms with Crippen molar-refractivity contribution < 1.29 is 23.5 Å². The van der Waals surface area contributed by atoms with Crippen molar-refractivity contribution in [1.82, 2.24) is 20.0 Å². The number of rotatable bonds is 5. The average molecular weight is 478 g/mol. The van der Waals surface area contributed by atoms with Crippen LogP contribution in [0.25, 0.3) is 10.9 Å². The Morgan fingerprint density at radius 1 is 1.14 bits per heavy atom. The number of nitrogens with zero attached hydrogens (tertiary/aromatic N) is 3. The Morgan fingerprint density at radius 2 is 1.89 bits per heavy atom. The molecule has 4 aromatic rings. The van der Waals surface area contributed by atoms with E-state index in [-0.39, 0.29) is 16.8 Å². The summed E-state index contributed by atoms with van der Waals surface area (Å²) in [6, 6.07) is 11.3. The molecule has 0 saturated heterocycles. The van der Waals surface area contributed by atoms with Crippen molar-refractivity contribution in [2.75, 3.05) is 10.6 Å². The molecule has 5 rings (SSSR count). The van der Waals surface area contributed by atoms with Gasteiger partial charge >= 0.3 is 5.97 Å². The maximum Gasteiger partial charge on any atom is 0.356 e. The number of carbonyl (C=O) groups is 2. The van der Waals surface area contributed by atoms with Crippen LogP contribution in [-0.4, -0.2) is 37.0 Å². The maximum absolute atomic E-state index is 13.8. The number of carbonyl (C=O) groups excluding carboxylic acids is 1. The van der Waals surface area contributed by atoms with Crippen LogP contribution in [0.1, 0.15) is 41.5 Å². The van der Waals surface area contributed by atoms with Gasteiger partial charge in [0.25, 0.3) is 11.8 Å². The zero-order valence-electron chi connectivity index (χ0n) is 18.6. The lowest BCUT2D eigenvalue weighted by atomic mass is 9.93. The summed E-state index contributed by atoms with van der Waals surface area (Å²) >= 11 is 0. The van der Waals surface area contributed by atoms with E-state index in [4.69, 9.17) is 0 Å². The van der Waals surface area contributed by atoms with E-state index in [9.17, 15) is 23.5 Å². The Hall–Kier alpha value is -4.54. The average Bonchev–Trinajstić information content (AvgIpc) is 3.44. The Morgan fingerprint density at radius 3 is 2.57 bits per heavy atom. The zero-order valence-corrected chi connectivity index (χ0v) is 18.6. The minimum absolute atomic E-state index is 0.179. The highest BCUT2D eigenvalue weighted by Gasteiger charge is 2.35. The zero-order chi connectivity index (χ0) is 24.9. The summed E-state index contributed by atoms with van der Waals surface area (Å²) < 4.78 is 28.9. The summed E-state index contributed by atoms with van der Waals surface area (Å²) in [4.78, 5) is 25.1. The molecule has 9 nitrogen and oxygen atoms in total. The molecule has 178 valence electrons. The number of H-pyrrole nitrogens is 1. The van der Waals surface area contributed by atoms with Crippen molar-refractivity contribution >= 4 is 34.3 Å². The number of carboxylic acid groups (broad SMARTS) is 1. The van der Waals surface area contributed by atoms with E-state index in [2.05, 4.69) is 25.9 Å². The number of alkyl halides is 2. The van der Waals surface area contributed by atoms with Crippen LogP contribution in [0.2, 0.25) is 0 Å². The second-order valence-corrected chi connectivity index (χ2v) is 8.37. The maximum atomic E-state index is 13.8. The number of hydrogen-bond acceptors (Lipinski definition) is 5. The molecule has 0 radical (unpaired) electrons. The number of hydrogen-bond donors (Lipinski definition) is 4. The quantitative estimate of drug-likeness (QED) is 0.335. The first-order chi connectivity index (χ1) is 16.6. The Bertz CT molecular complexity index is 1500. The number of nitrogens with one attached hydrogen (secondary N) is 3. The van der Waals surface area contributed by atoms with Crippen molar-refractivity contribution in [3.63, 3.8) is 0 Å². The second-order valence-electron chi connectivity index (χ2n) is 8.37. The van der Waals surface area contributed by atoms with Crippen LogP contribution in [-0.2, 0) is 10.7 Å². The molecule has 1 atom stereocenters. The highest BCUT2D eigenvalue weighted by atomic mass is 19.3. The molecule has 0 bridgehead atoms. The van der Waals surface area contributed by atoms with Gasteiger partial charge in [0.1, 0.15) is 11.9 Å². The van der Waals surface area contributed by atoms with Gasteiger partial charge in [-0.25, -0.2) is 18.3 Å². The monoisotopic (exact) mass is 478 g/mol. The number of halogens is 2. The molecule has 3 heterocycles. The summed E-state index contributed by atoms with van der Waals surface area (Å²) in [5, 5.41) is 27.1. The number of carboxylic acids is 1. The molecule has 0 saturated carbocycles. The molecule has 1 unspecified atom stereocenters. The fourth-order valence-corrected chi connectivity index (χ4v) is 4.16. The highest BCUT2D eigenvalue weighted by molar-refractivity contribution is 6.06. The van der Waals surface area contributed by atoms with Crippen LogP contribution in [0.5, 0.6) is 0 Å². The molecular formula is C24H20F2N6O3. The fraction of sp³-hybridized carbons (Fsp3) is 0.167. The molecule has 35 heavy (non-hydrogen) atoms. The van der Waals surface area contributed by atoms with Gasteiger partial charge in [-0.1, -0.05) is 24.3 Å². The van der Waals surface area contributed by atoms with Crippen LogP contribution in [0, 0.1) is 0 Å². The van der Waals surface area contributed by atoms with E-state index in [0.717, 1.165) is 17.8 Å². The van der Waals surface area contributed by atoms with Gasteiger partial charge in [-0.3, -0.25) is 9.89 Å². The van der Waals surface area contributed by atoms with E-state index in [0.29, 0.717) is 22.8 Å². The molecular weight excluding hydrogens is 458 g/mol. The first-order valence-electron chi connectivity index (χ1n) is 10.6. The largest absolute Gasteiger partial charge is 0.476 e. The third-order valence-corrected chi connectivity index (χ3v) is 5.87. The van der Waals surface area contributed by atoms with Crippen molar-refractivity contribution in [2.45, 2.75) is 25.8 Å². The van der Waals surface area contributed by atoms with Crippen molar-refractivity contribution in [1.29, 1.82) is 0 Å². The summed E-state index contributed by atoms with van der Waals surface area (Å²) in [7, 11) is 0. The molecule has 2 aromatic carbocycles. The van der Waals surface area contributed by atoms with Crippen LogP contribution in [0.3, 0.4) is 0 Å². The van der Waals surface area contributed by atoms with Crippen LogP contribution >= 0.6 is 0 Å². The number of anilines is 2. The Labute approximate surface area is 197 Å².